The summed E-state index contributed by atoms with van der Waals surface area (Å²) in [6.07, 6.45) is 5.22. The van der Waals surface area contributed by atoms with Crippen molar-refractivity contribution in [2.75, 3.05) is 20.6 Å². The average Bonchev–Trinajstić information content (AvgIpc) is 2.82. The lowest BCUT2D eigenvalue weighted by Gasteiger charge is -2.22. The number of aliphatic hydroxyl groups is 1. The number of rotatable bonds is 5. The van der Waals surface area contributed by atoms with Gasteiger partial charge < -0.3 is 10.0 Å². The molecule has 2 fully saturated rings. The zero-order chi connectivity index (χ0) is 13.6. The Labute approximate surface area is 122 Å². The average molecular weight is 328 g/mol. The highest BCUT2D eigenvalue weighted by Crippen LogP contribution is 2.57. The van der Waals surface area contributed by atoms with Gasteiger partial charge in [0.15, 0.2) is 0 Å². The number of fused-ring (bicyclic) bond motifs is 1. The van der Waals surface area contributed by atoms with Crippen molar-refractivity contribution < 1.29 is 5.11 Å². The Kier molecular flexibility index (Phi) is 3.71. The van der Waals surface area contributed by atoms with Gasteiger partial charge in [0.2, 0.25) is 0 Å². The summed E-state index contributed by atoms with van der Waals surface area (Å²) in [5.41, 5.74) is 0.966. The highest BCUT2D eigenvalue weighted by Gasteiger charge is 2.48. The number of aliphatic hydroxyl groups excluding tert-OH is 1. The fourth-order valence-corrected chi connectivity index (χ4v) is 3.91. The summed E-state index contributed by atoms with van der Waals surface area (Å²) in [4.78, 5) is 2.14. The molecule has 0 bridgehead atoms. The summed E-state index contributed by atoms with van der Waals surface area (Å²) < 4.78 is 2.90. The summed E-state index contributed by atoms with van der Waals surface area (Å²) in [6, 6.07) is 0. The molecule has 106 valence electrons. The molecule has 19 heavy (non-hydrogen) atoms. The van der Waals surface area contributed by atoms with E-state index in [1.54, 1.807) is 0 Å². The van der Waals surface area contributed by atoms with Crippen LogP contribution < -0.4 is 0 Å². The summed E-state index contributed by atoms with van der Waals surface area (Å²) in [5.74, 6) is 2.23. The van der Waals surface area contributed by atoms with E-state index in [4.69, 9.17) is 0 Å². The maximum absolute atomic E-state index is 10.7. The molecule has 1 aromatic heterocycles. The van der Waals surface area contributed by atoms with Gasteiger partial charge in [0.05, 0.1) is 29.0 Å². The minimum Gasteiger partial charge on any atom is -0.386 e. The molecular formula is C14H22BrN3O. The minimum atomic E-state index is -0.369. The summed E-state index contributed by atoms with van der Waals surface area (Å²) in [6.45, 7) is 1.76. The van der Waals surface area contributed by atoms with E-state index < -0.39 is 0 Å². The van der Waals surface area contributed by atoms with Crippen LogP contribution in [-0.4, -0.2) is 40.4 Å². The highest BCUT2D eigenvalue weighted by molar-refractivity contribution is 9.10. The van der Waals surface area contributed by atoms with Gasteiger partial charge in [-0.25, -0.2) is 0 Å². The second kappa shape index (κ2) is 5.19. The van der Waals surface area contributed by atoms with Gasteiger partial charge in [-0.2, -0.15) is 5.10 Å². The number of aromatic nitrogens is 2. The predicted octanol–water partition coefficient (Wildman–Crippen LogP) is 2.29. The van der Waals surface area contributed by atoms with Crippen LogP contribution in [0.25, 0.3) is 0 Å². The maximum Gasteiger partial charge on any atom is 0.0996 e. The highest BCUT2D eigenvalue weighted by atomic mass is 79.9. The summed E-state index contributed by atoms with van der Waals surface area (Å²) in [7, 11) is 4.11. The second-order valence-corrected chi connectivity index (χ2v) is 7.19. The lowest BCUT2D eigenvalue weighted by molar-refractivity contribution is 0.0939. The molecule has 2 aliphatic rings. The SMILES string of the molecule is CN(C)CCn1ncc(Br)c1C(O)C1CC2CC2C1. The quantitative estimate of drug-likeness (QED) is 0.902. The monoisotopic (exact) mass is 327 g/mol. The fraction of sp³-hybridized carbons (Fsp3) is 0.786. The molecule has 2 aliphatic carbocycles. The first-order valence-corrected chi connectivity index (χ1v) is 7.89. The molecule has 3 rings (SSSR count). The third-order valence-electron chi connectivity index (χ3n) is 4.60. The van der Waals surface area contributed by atoms with Crippen molar-refractivity contribution in [2.45, 2.75) is 31.9 Å². The first-order valence-electron chi connectivity index (χ1n) is 7.10. The lowest BCUT2D eigenvalue weighted by Crippen LogP contribution is -2.23. The van der Waals surface area contributed by atoms with Gasteiger partial charge in [-0.05, 0) is 67.0 Å². The van der Waals surface area contributed by atoms with Crippen molar-refractivity contribution in [1.82, 2.24) is 14.7 Å². The van der Waals surface area contributed by atoms with Gasteiger partial charge >= 0.3 is 0 Å². The van der Waals surface area contributed by atoms with E-state index >= 15 is 0 Å². The van der Waals surface area contributed by atoms with E-state index in [0.29, 0.717) is 5.92 Å². The molecule has 3 atom stereocenters. The van der Waals surface area contributed by atoms with Gasteiger partial charge in [0, 0.05) is 6.54 Å². The topological polar surface area (TPSA) is 41.3 Å². The van der Waals surface area contributed by atoms with Crippen molar-refractivity contribution in [2.24, 2.45) is 17.8 Å². The Morgan fingerprint density at radius 1 is 1.42 bits per heavy atom. The van der Waals surface area contributed by atoms with Crippen LogP contribution in [0.2, 0.25) is 0 Å². The molecule has 3 unspecified atom stereocenters. The normalized spacial score (nSPS) is 30.7. The van der Waals surface area contributed by atoms with Crippen molar-refractivity contribution in [3.63, 3.8) is 0 Å². The molecule has 2 saturated carbocycles. The zero-order valence-electron chi connectivity index (χ0n) is 11.6. The molecule has 0 spiro atoms. The Balaban J connectivity index is 1.72. The molecule has 5 heteroatoms. The van der Waals surface area contributed by atoms with Crippen LogP contribution in [-0.2, 0) is 6.54 Å². The molecule has 0 aliphatic heterocycles. The van der Waals surface area contributed by atoms with Crippen molar-refractivity contribution in [1.29, 1.82) is 0 Å². The van der Waals surface area contributed by atoms with Crippen LogP contribution in [0, 0.1) is 17.8 Å². The second-order valence-electron chi connectivity index (χ2n) is 6.34. The van der Waals surface area contributed by atoms with E-state index in [2.05, 4.69) is 40.0 Å². The minimum absolute atomic E-state index is 0.369. The smallest absolute Gasteiger partial charge is 0.0996 e. The molecular weight excluding hydrogens is 306 g/mol. The van der Waals surface area contributed by atoms with E-state index in [1.807, 2.05) is 10.9 Å². The molecule has 1 N–H and O–H groups in total. The molecule has 0 radical (unpaired) electrons. The molecule has 0 amide bonds. The first-order chi connectivity index (χ1) is 9.06. The largest absolute Gasteiger partial charge is 0.386 e. The van der Waals surface area contributed by atoms with Crippen LogP contribution >= 0.6 is 15.9 Å². The fourth-order valence-electron chi connectivity index (χ4n) is 3.38. The number of halogens is 1. The van der Waals surface area contributed by atoms with Gasteiger partial charge in [0.25, 0.3) is 0 Å². The van der Waals surface area contributed by atoms with Crippen LogP contribution in [0.1, 0.15) is 31.1 Å². The van der Waals surface area contributed by atoms with Crippen LogP contribution in [0.3, 0.4) is 0 Å². The Morgan fingerprint density at radius 2 is 2.11 bits per heavy atom. The lowest BCUT2D eigenvalue weighted by atomic mass is 9.94. The molecule has 0 aromatic carbocycles. The predicted molar refractivity (Wildman–Crippen MR) is 77.8 cm³/mol. The van der Waals surface area contributed by atoms with Gasteiger partial charge in [0.1, 0.15) is 0 Å². The number of nitrogens with zero attached hydrogens (tertiary/aromatic N) is 3. The standard InChI is InChI=1S/C14H22BrN3O/c1-17(2)3-4-18-13(12(15)8-16-18)14(19)11-6-9-5-10(9)7-11/h8-11,14,19H,3-7H2,1-2H3. The van der Waals surface area contributed by atoms with Gasteiger partial charge in [-0.1, -0.05) is 0 Å². The van der Waals surface area contributed by atoms with Gasteiger partial charge in [-0.15, -0.1) is 0 Å². The third-order valence-corrected chi connectivity index (χ3v) is 5.21. The van der Waals surface area contributed by atoms with Crippen molar-refractivity contribution in [3.8, 4) is 0 Å². The third kappa shape index (κ3) is 2.73. The Bertz CT molecular complexity index is 450. The van der Waals surface area contributed by atoms with E-state index in [1.165, 1.54) is 19.3 Å². The van der Waals surface area contributed by atoms with Crippen molar-refractivity contribution in [3.05, 3.63) is 16.4 Å². The Morgan fingerprint density at radius 3 is 2.74 bits per heavy atom. The molecule has 1 aromatic rings. The van der Waals surface area contributed by atoms with E-state index in [-0.39, 0.29) is 6.10 Å². The molecule has 0 saturated heterocycles. The van der Waals surface area contributed by atoms with Crippen molar-refractivity contribution >= 4 is 15.9 Å². The van der Waals surface area contributed by atoms with E-state index in [9.17, 15) is 5.11 Å². The van der Waals surface area contributed by atoms with Crippen LogP contribution in [0.5, 0.6) is 0 Å². The summed E-state index contributed by atoms with van der Waals surface area (Å²) in [5, 5.41) is 15.1. The summed E-state index contributed by atoms with van der Waals surface area (Å²) >= 11 is 3.54. The van der Waals surface area contributed by atoms with Crippen LogP contribution in [0.4, 0.5) is 0 Å². The van der Waals surface area contributed by atoms with Crippen LogP contribution in [0.15, 0.2) is 10.7 Å². The molecule has 1 heterocycles. The maximum atomic E-state index is 10.7. The number of hydrogen-bond acceptors (Lipinski definition) is 3. The van der Waals surface area contributed by atoms with E-state index in [0.717, 1.165) is 35.1 Å². The van der Waals surface area contributed by atoms with Gasteiger partial charge in [-0.3, -0.25) is 4.68 Å². The first kappa shape index (κ1) is 13.6. The number of likely N-dealkylation sites (N-methyl/N-ethyl adjacent to an activating group) is 1. The number of hydrogen-bond donors (Lipinski definition) is 1. The molecule has 4 nitrogen and oxygen atoms in total. The zero-order valence-corrected chi connectivity index (χ0v) is 13.2. The Hall–Kier alpha value is -0.390.